The van der Waals surface area contributed by atoms with Gasteiger partial charge in [0.25, 0.3) is 0 Å². The molecule has 5 rings (SSSR count). The first-order valence-corrected chi connectivity index (χ1v) is 8.61. The van der Waals surface area contributed by atoms with E-state index >= 15 is 0 Å². The van der Waals surface area contributed by atoms with Crippen LogP contribution < -0.4 is 0 Å². The minimum absolute atomic E-state index is 0.282. The molecule has 3 fully saturated rings. The zero-order valence-corrected chi connectivity index (χ0v) is 13.4. The predicted molar refractivity (Wildman–Crippen MR) is 92.0 cm³/mol. The van der Waals surface area contributed by atoms with Crippen LogP contribution in [0.5, 0.6) is 0 Å². The van der Waals surface area contributed by atoms with Gasteiger partial charge in [0.2, 0.25) is 0 Å². The number of hydrogen-bond donors (Lipinski definition) is 0. The Morgan fingerprint density at radius 2 is 1.39 bits per heavy atom. The quantitative estimate of drug-likeness (QED) is 0.857. The summed E-state index contributed by atoms with van der Waals surface area (Å²) in [6.07, 6.45) is 3.72. The second-order valence-electron chi connectivity index (χ2n) is 6.88. The van der Waals surface area contributed by atoms with Crippen molar-refractivity contribution in [3.05, 3.63) is 71.8 Å². The molecule has 2 bridgehead atoms. The summed E-state index contributed by atoms with van der Waals surface area (Å²) in [4.78, 5) is 2.56. The average molecular weight is 302 g/mol. The Hall–Kier alpha value is -2.11. The first-order chi connectivity index (χ1) is 11.3. The highest BCUT2D eigenvalue weighted by atomic mass is 15.2. The van der Waals surface area contributed by atoms with Gasteiger partial charge in [0.1, 0.15) is 5.41 Å². The van der Waals surface area contributed by atoms with Gasteiger partial charge in [-0.15, -0.1) is 0 Å². The van der Waals surface area contributed by atoms with Crippen LogP contribution in [0.4, 0.5) is 0 Å². The number of benzene rings is 2. The number of fused-ring (bicyclic) bond motifs is 3. The van der Waals surface area contributed by atoms with Gasteiger partial charge in [-0.05, 0) is 49.4 Å². The highest BCUT2D eigenvalue weighted by Crippen LogP contribution is 2.45. The summed E-state index contributed by atoms with van der Waals surface area (Å²) in [6.45, 7) is 2.27. The van der Waals surface area contributed by atoms with E-state index in [4.69, 9.17) is 0 Å². The molecule has 3 heterocycles. The molecule has 0 saturated carbocycles. The van der Waals surface area contributed by atoms with E-state index in [0.717, 1.165) is 36.6 Å². The summed E-state index contributed by atoms with van der Waals surface area (Å²) in [5.74, 6) is 0.783. The molecule has 0 spiro atoms. The Morgan fingerprint density at radius 1 is 0.870 bits per heavy atom. The zero-order chi connectivity index (χ0) is 15.7. The Bertz CT molecular complexity index is 654. The van der Waals surface area contributed by atoms with Crippen molar-refractivity contribution >= 4 is 0 Å². The maximum absolute atomic E-state index is 10.4. The Balaban J connectivity index is 1.89. The first kappa shape index (κ1) is 14.5. The SMILES string of the molecule is N#CC(c1ccccc1)(c1ccccc1)C1CC2CCN1CC2. The van der Waals surface area contributed by atoms with Crippen molar-refractivity contribution in [2.75, 3.05) is 13.1 Å². The summed E-state index contributed by atoms with van der Waals surface area (Å²) in [6, 6.07) is 23.8. The lowest BCUT2D eigenvalue weighted by atomic mass is 9.64. The summed E-state index contributed by atoms with van der Waals surface area (Å²) in [7, 11) is 0. The minimum atomic E-state index is -0.568. The molecule has 2 aromatic rings. The number of rotatable bonds is 3. The van der Waals surface area contributed by atoms with Crippen LogP contribution in [0, 0.1) is 17.2 Å². The van der Waals surface area contributed by atoms with Crippen LogP contribution in [-0.4, -0.2) is 24.0 Å². The van der Waals surface area contributed by atoms with Crippen molar-refractivity contribution in [1.82, 2.24) is 4.90 Å². The smallest absolute Gasteiger partial charge is 0.123 e. The fourth-order valence-corrected chi connectivity index (χ4v) is 4.57. The van der Waals surface area contributed by atoms with Crippen LogP contribution in [0.3, 0.4) is 0 Å². The molecular weight excluding hydrogens is 280 g/mol. The summed E-state index contributed by atoms with van der Waals surface area (Å²) in [5, 5.41) is 10.4. The molecule has 2 nitrogen and oxygen atoms in total. The van der Waals surface area contributed by atoms with Crippen molar-refractivity contribution in [2.45, 2.75) is 30.7 Å². The first-order valence-electron chi connectivity index (χ1n) is 8.61. The monoisotopic (exact) mass is 302 g/mol. The molecule has 0 radical (unpaired) electrons. The van der Waals surface area contributed by atoms with Gasteiger partial charge in [0, 0.05) is 6.04 Å². The standard InChI is InChI=1S/C21H22N2/c22-16-21(18-7-3-1-4-8-18,19-9-5-2-6-10-19)20-15-17-11-13-23(20)14-12-17/h1-10,17,20H,11-15H2. The third-order valence-corrected chi connectivity index (χ3v) is 5.78. The molecule has 23 heavy (non-hydrogen) atoms. The number of hydrogen-bond acceptors (Lipinski definition) is 2. The molecule has 116 valence electrons. The fourth-order valence-electron chi connectivity index (χ4n) is 4.57. The van der Waals surface area contributed by atoms with E-state index < -0.39 is 5.41 Å². The lowest BCUT2D eigenvalue weighted by molar-refractivity contribution is 0.0271. The third-order valence-electron chi connectivity index (χ3n) is 5.78. The summed E-state index contributed by atoms with van der Waals surface area (Å²) < 4.78 is 0. The minimum Gasteiger partial charge on any atom is -0.298 e. The van der Waals surface area contributed by atoms with E-state index in [0.29, 0.717) is 0 Å². The Kier molecular flexibility index (Phi) is 3.67. The van der Waals surface area contributed by atoms with Gasteiger partial charge in [-0.3, -0.25) is 4.90 Å². The lowest BCUT2D eigenvalue weighted by Gasteiger charge is -2.51. The molecule has 2 heteroatoms. The molecule has 0 aromatic heterocycles. The largest absolute Gasteiger partial charge is 0.298 e. The van der Waals surface area contributed by atoms with Crippen LogP contribution in [0.2, 0.25) is 0 Å². The molecule has 2 aromatic carbocycles. The molecule has 0 N–H and O–H groups in total. The highest BCUT2D eigenvalue weighted by molar-refractivity contribution is 5.48. The third kappa shape index (κ3) is 2.28. The van der Waals surface area contributed by atoms with E-state index in [-0.39, 0.29) is 6.04 Å². The van der Waals surface area contributed by atoms with Crippen LogP contribution in [0.1, 0.15) is 30.4 Å². The van der Waals surface area contributed by atoms with Crippen molar-refractivity contribution in [3.8, 4) is 6.07 Å². The number of piperidine rings is 3. The predicted octanol–water partition coefficient (Wildman–Crippen LogP) is 3.98. The second-order valence-corrected chi connectivity index (χ2v) is 6.88. The summed E-state index contributed by atoms with van der Waals surface area (Å²) >= 11 is 0. The highest BCUT2D eigenvalue weighted by Gasteiger charge is 2.49. The zero-order valence-electron chi connectivity index (χ0n) is 13.4. The number of nitrogens with zero attached hydrogens (tertiary/aromatic N) is 2. The van der Waals surface area contributed by atoms with Crippen LogP contribution in [0.15, 0.2) is 60.7 Å². The van der Waals surface area contributed by atoms with Crippen molar-refractivity contribution in [1.29, 1.82) is 5.26 Å². The maximum Gasteiger partial charge on any atom is 0.123 e. The molecule has 0 amide bonds. The average Bonchev–Trinajstić information content (AvgIpc) is 2.66. The van der Waals surface area contributed by atoms with Gasteiger partial charge in [-0.2, -0.15) is 5.26 Å². The molecule has 3 saturated heterocycles. The maximum atomic E-state index is 10.4. The Labute approximate surface area is 138 Å². The summed E-state index contributed by atoms with van der Waals surface area (Å²) in [5.41, 5.74) is 1.69. The van der Waals surface area contributed by atoms with Gasteiger partial charge in [0.15, 0.2) is 0 Å². The van der Waals surface area contributed by atoms with E-state index in [1.807, 2.05) is 12.1 Å². The second kappa shape index (κ2) is 5.83. The van der Waals surface area contributed by atoms with Crippen LogP contribution in [0.25, 0.3) is 0 Å². The van der Waals surface area contributed by atoms with Crippen molar-refractivity contribution in [3.63, 3.8) is 0 Å². The number of nitriles is 1. The molecule has 3 aliphatic rings. The molecular formula is C21H22N2. The van der Waals surface area contributed by atoms with E-state index in [9.17, 15) is 5.26 Å². The molecule has 1 unspecified atom stereocenters. The fraction of sp³-hybridized carbons (Fsp3) is 0.381. The topological polar surface area (TPSA) is 27.0 Å². The Morgan fingerprint density at radius 3 is 1.78 bits per heavy atom. The van der Waals surface area contributed by atoms with Gasteiger partial charge in [0.05, 0.1) is 6.07 Å². The van der Waals surface area contributed by atoms with E-state index in [2.05, 4.69) is 59.5 Å². The van der Waals surface area contributed by atoms with Gasteiger partial charge >= 0.3 is 0 Å². The van der Waals surface area contributed by atoms with Gasteiger partial charge < -0.3 is 0 Å². The van der Waals surface area contributed by atoms with Crippen LogP contribution in [-0.2, 0) is 5.41 Å². The molecule has 1 atom stereocenters. The normalized spacial score (nSPS) is 26.7. The van der Waals surface area contributed by atoms with Gasteiger partial charge in [-0.1, -0.05) is 60.7 Å². The molecule has 0 aliphatic carbocycles. The lowest BCUT2D eigenvalue weighted by Crippen LogP contribution is -2.58. The van der Waals surface area contributed by atoms with Crippen LogP contribution >= 0.6 is 0 Å². The van der Waals surface area contributed by atoms with Crippen molar-refractivity contribution in [2.24, 2.45) is 5.92 Å². The van der Waals surface area contributed by atoms with Gasteiger partial charge in [-0.25, -0.2) is 0 Å². The van der Waals surface area contributed by atoms with E-state index in [1.54, 1.807) is 0 Å². The molecule has 3 aliphatic heterocycles. The van der Waals surface area contributed by atoms with E-state index in [1.165, 1.54) is 12.8 Å². The van der Waals surface area contributed by atoms with Crippen molar-refractivity contribution < 1.29 is 0 Å².